The van der Waals surface area contributed by atoms with Gasteiger partial charge in [0.25, 0.3) is 10.0 Å². The van der Waals surface area contributed by atoms with E-state index in [0.717, 1.165) is 4.68 Å². The number of anilines is 2. The van der Waals surface area contributed by atoms with E-state index in [1.807, 2.05) is 0 Å². The molecule has 34 heavy (non-hydrogen) atoms. The fraction of sp³-hybridized carbons (Fsp3) is 0. The van der Waals surface area contributed by atoms with E-state index in [1.54, 1.807) is 6.07 Å². The molecule has 0 saturated carbocycles. The summed E-state index contributed by atoms with van der Waals surface area (Å²) in [4.78, 5) is 20.4. The van der Waals surface area contributed by atoms with E-state index in [-0.39, 0.29) is 43.8 Å². The largest absolute Gasteiger partial charge is 0.382 e. The number of aromatic amines is 1. The van der Waals surface area contributed by atoms with E-state index >= 15 is 0 Å². The van der Waals surface area contributed by atoms with Crippen molar-refractivity contribution in [2.75, 3.05) is 10.5 Å². The molecule has 0 saturated heterocycles. The number of nitrogens with zero attached hydrogens (tertiary/aromatic N) is 5. The monoisotopic (exact) mass is 538 g/mol. The molecule has 0 aliphatic heterocycles. The van der Waals surface area contributed by atoms with Gasteiger partial charge in [0.2, 0.25) is 5.95 Å². The van der Waals surface area contributed by atoms with Crippen molar-refractivity contribution in [2.45, 2.75) is 4.90 Å². The molecule has 0 radical (unpaired) electrons. The molecule has 0 fully saturated rings. The summed E-state index contributed by atoms with van der Waals surface area (Å²) < 4.78 is 28.2. The van der Waals surface area contributed by atoms with Gasteiger partial charge in [-0.05, 0) is 42.5 Å². The minimum Gasteiger partial charge on any atom is -0.382 e. The van der Waals surface area contributed by atoms with E-state index < -0.39 is 15.6 Å². The fourth-order valence-corrected chi connectivity index (χ4v) is 4.72. The van der Waals surface area contributed by atoms with Crippen LogP contribution in [0, 0.1) is 0 Å². The Morgan fingerprint density at radius 2 is 1.62 bits per heavy atom. The molecule has 0 aliphatic rings. The van der Waals surface area contributed by atoms with Gasteiger partial charge in [0.15, 0.2) is 5.69 Å². The fourth-order valence-electron chi connectivity index (χ4n) is 2.78. The van der Waals surface area contributed by atoms with Crippen molar-refractivity contribution in [3.8, 4) is 5.69 Å². The number of H-pyrrole nitrogens is 1. The van der Waals surface area contributed by atoms with Crippen molar-refractivity contribution in [3.05, 3.63) is 80.3 Å². The summed E-state index contributed by atoms with van der Waals surface area (Å²) in [6, 6.07) is 9.82. The van der Waals surface area contributed by atoms with Crippen LogP contribution in [0.5, 0.6) is 0 Å². The lowest BCUT2D eigenvalue weighted by molar-refractivity contribution is 0.601. The lowest BCUT2D eigenvalue weighted by Gasteiger charge is -2.07. The van der Waals surface area contributed by atoms with Crippen molar-refractivity contribution in [1.29, 1.82) is 0 Å². The Kier molecular flexibility index (Phi) is 6.57. The molecule has 15 heteroatoms. The SMILES string of the molecule is Nc1[nH]n(-c2c(Cl)cc(Cl)cc2Cl)c(=O)c1N=Nc1ccc(S(=O)(=O)Nc2ncccn2)cc1. The standard InChI is InChI=1S/C19H13Cl3N8O3S/c20-10-8-13(21)16(14(22)9-10)30-18(31)15(17(23)28-30)27-26-11-2-4-12(5-3-11)34(32,33)29-19-24-6-1-7-25-19/h1-9,28H,23H2,(H,24,25,29). The molecule has 2 aromatic heterocycles. The number of nitrogens with one attached hydrogen (secondary N) is 2. The van der Waals surface area contributed by atoms with Gasteiger partial charge in [-0.25, -0.2) is 27.8 Å². The van der Waals surface area contributed by atoms with Crippen LogP contribution in [0.4, 0.5) is 23.1 Å². The summed E-state index contributed by atoms with van der Waals surface area (Å²) in [7, 11) is -3.91. The Morgan fingerprint density at radius 3 is 2.24 bits per heavy atom. The van der Waals surface area contributed by atoms with Gasteiger partial charge < -0.3 is 5.73 Å². The van der Waals surface area contributed by atoms with E-state index in [0.29, 0.717) is 5.02 Å². The third kappa shape index (κ3) is 4.89. The van der Waals surface area contributed by atoms with Gasteiger partial charge in [-0.2, -0.15) is 5.11 Å². The van der Waals surface area contributed by atoms with Crippen molar-refractivity contribution in [2.24, 2.45) is 10.2 Å². The zero-order chi connectivity index (χ0) is 24.5. The molecular formula is C19H13Cl3N8O3S. The third-order valence-corrected chi connectivity index (χ3v) is 6.44. The Bertz CT molecular complexity index is 1530. The minimum absolute atomic E-state index is 0.0468. The number of nitrogen functional groups attached to an aromatic ring is 1. The lowest BCUT2D eigenvalue weighted by Crippen LogP contribution is -2.15. The Hall–Kier alpha value is -3.45. The van der Waals surface area contributed by atoms with Crippen LogP contribution in [0.25, 0.3) is 5.69 Å². The van der Waals surface area contributed by atoms with Crippen LogP contribution in [0.1, 0.15) is 0 Å². The summed E-state index contributed by atoms with van der Waals surface area (Å²) in [6.45, 7) is 0. The number of benzene rings is 2. The van der Waals surface area contributed by atoms with Crippen LogP contribution >= 0.6 is 34.8 Å². The van der Waals surface area contributed by atoms with Gasteiger partial charge in [0.1, 0.15) is 11.5 Å². The molecule has 0 atom stereocenters. The number of hydrogen-bond donors (Lipinski definition) is 3. The van der Waals surface area contributed by atoms with Gasteiger partial charge in [0, 0.05) is 17.4 Å². The highest BCUT2D eigenvalue weighted by Gasteiger charge is 2.19. The van der Waals surface area contributed by atoms with Crippen LogP contribution in [-0.2, 0) is 10.0 Å². The summed E-state index contributed by atoms with van der Waals surface area (Å²) >= 11 is 18.3. The molecule has 2 heterocycles. The first kappa shape index (κ1) is 23.7. The second-order valence-electron chi connectivity index (χ2n) is 6.60. The highest BCUT2D eigenvalue weighted by Crippen LogP contribution is 2.32. The van der Waals surface area contributed by atoms with Gasteiger partial charge >= 0.3 is 5.56 Å². The summed E-state index contributed by atoms with van der Waals surface area (Å²) in [5.74, 6) is -0.145. The molecular weight excluding hydrogens is 527 g/mol. The number of sulfonamides is 1. The summed E-state index contributed by atoms with van der Waals surface area (Å²) in [6.07, 6.45) is 2.81. The predicted octanol–water partition coefficient (Wildman–Crippen LogP) is 4.71. The number of nitrogens with two attached hydrogens (primary N) is 1. The first-order valence-electron chi connectivity index (χ1n) is 9.23. The smallest absolute Gasteiger partial charge is 0.301 e. The topological polar surface area (TPSA) is 160 Å². The molecule has 11 nitrogen and oxygen atoms in total. The van der Waals surface area contributed by atoms with Crippen LogP contribution in [0.2, 0.25) is 15.1 Å². The average Bonchev–Trinajstić information content (AvgIpc) is 3.05. The maximum Gasteiger partial charge on any atom is 0.301 e. The molecule has 0 amide bonds. The van der Waals surface area contributed by atoms with E-state index in [9.17, 15) is 13.2 Å². The van der Waals surface area contributed by atoms with Crippen LogP contribution in [0.3, 0.4) is 0 Å². The van der Waals surface area contributed by atoms with Crippen molar-refractivity contribution >= 4 is 68.0 Å². The van der Waals surface area contributed by atoms with E-state index in [4.69, 9.17) is 40.5 Å². The second kappa shape index (κ2) is 9.43. The van der Waals surface area contributed by atoms with Gasteiger partial charge in [-0.1, -0.05) is 34.8 Å². The van der Waals surface area contributed by atoms with E-state index in [2.05, 4.69) is 30.0 Å². The summed E-state index contributed by atoms with van der Waals surface area (Å²) in [5.41, 5.74) is 5.46. The predicted molar refractivity (Wildman–Crippen MR) is 129 cm³/mol. The lowest BCUT2D eigenvalue weighted by atomic mass is 10.3. The molecule has 0 unspecified atom stereocenters. The van der Waals surface area contributed by atoms with Crippen LogP contribution in [0.15, 0.2) is 74.8 Å². The molecule has 4 aromatic rings. The molecule has 174 valence electrons. The Morgan fingerprint density at radius 1 is 1.00 bits per heavy atom. The molecule has 0 spiro atoms. The maximum absolute atomic E-state index is 12.8. The maximum atomic E-state index is 12.8. The number of rotatable bonds is 6. The van der Waals surface area contributed by atoms with Crippen molar-refractivity contribution in [3.63, 3.8) is 0 Å². The molecule has 0 aliphatic carbocycles. The average molecular weight is 540 g/mol. The highest BCUT2D eigenvalue weighted by molar-refractivity contribution is 7.92. The van der Waals surface area contributed by atoms with Crippen LogP contribution in [-0.4, -0.2) is 28.2 Å². The zero-order valence-electron chi connectivity index (χ0n) is 16.8. The van der Waals surface area contributed by atoms with Crippen molar-refractivity contribution in [1.82, 2.24) is 19.7 Å². The van der Waals surface area contributed by atoms with Crippen molar-refractivity contribution < 1.29 is 8.42 Å². The minimum atomic E-state index is -3.91. The molecule has 4 rings (SSSR count). The van der Waals surface area contributed by atoms with Gasteiger partial charge in [0.05, 0.1) is 20.6 Å². The van der Waals surface area contributed by atoms with Gasteiger partial charge in [-0.3, -0.25) is 9.89 Å². The molecule has 2 aromatic carbocycles. The number of aromatic nitrogens is 4. The summed E-state index contributed by atoms with van der Waals surface area (Å²) in [5, 5.41) is 11.0. The highest BCUT2D eigenvalue weighted by atomic mass is 35.5. The second-order valence-corrected chi connectivity index (χ2v) is 9.54. The first-order chi connectivity index (χ1) is 16.2. The number of azo groups is 1. The quantitative estimate of drug-likeness (QED) is 0.301. The number of hydrogen-bond acceptors (Lipinski definition) is 8. The zero-order valence-corrected chi connectivity index (χ0v) is 19.9. The molecule has 4 N–H and O–H groups in total. The first-order valence-corrected chi connectivity index (χ1v) is 11.8. The normalized spacial score (nSPS) is 11.7. The number of halogens is 3. The van der Waals surface area contributed by atoms with Crippen LogP contribution < -0.4 is 16.0 Å². The Balaban J connectivity index is 1.59. The third-order valence-electron chi connectivity index (χ3n) is 4.30. The molecule has 0 bridgehead atoms. The van der Waals surface area contributed by atoms with Gasteiger partial charge in [-0.15, -0.1) is 5.11 Å². The Labute approximate surface area is 207 Å². The van der Waals surface area contributed by atoms with E-state index in [1.165, 1.54) is 48.8 Å².